The van der Waals surface area contributed by atoms with Crippen molar-refractivity contribution in [3.63, 3.8) is 0 Å². The van der Waals surface area contributed by atoms with Crippen molar-refractivity contribution in [3.05, 3.63) is 20.8 Å². The van der Waals surface area contributed by atoms with E-state index in [0.717, 1.165) is 25.7 Å². The molecule has 0 aliphatic heterocycles. The van der Waals surface area contributed by atoms with Gasteiger partial charge >= 0.3 is 5.69 Å². The first-order chi connectivity index (χ1) is 11.4. The van der Waals surface area contributed by atoms with Crippen molar-refractivity contribution in [2.45, 2.75) is 63.4 Å². The Bertz CT molecular complexity index is 849. The van der Waals surface area contributed by atoms with Gasteiger partial charge in [0.2, 0.25) is 0 Å². The van der Waals surface area contributed by atoms with Gasteiger partial charge in [-0.3, -0.25) is 19.1 Å². The predicted octanol–water partition coefficient (Wildman–Crippen LogP) is 2.07. The lowest BCUT2D eigenvalue weighted by Crippen LogP contribution is -2.29. The van der Waals surface area contributed by atoms with Gasteiger partial charge in [-0.15, -0.1) is 0 Å². The van der Waals surface area contributed by atoms with Crippen molar-refractivity contribution in [2.24, 2.45) is 7.05 Å². The molecule has 0 aliphatic rings. The summed E-state index contributed by atoms with van der Waals surface area (Å²) in [6.07, 6.45) is 4.24. The maximum Gasteiger partial charge on any atom is 0.329 e. The molecule has 0 saturated carbocycles. The van der Waals surface area contributed by atoms with Crippen LogP contribution in [0.1, 0.15) is 46.5 Å². The Kier molecular flexibility index (Phi) is 6.04. The quantitative estimate of drug-likeness (QED) is 0.580. The molecule has 24 heavy (non-hydrogen) atoms. The third-order valence-corrected chi connectivity index (χ3v) is 5.27. The third kappa shape index (κ3) is 3.80. The van der Waals surface area contributed by atoms with Gasteiger partial charge in [0.05, 0.1) is 5.25 Å². The van der Waals surface area contributed by atoms with Gasteiger partial charge in [-0.1, -0.05) is 37.9 Å². The van der Waals surface area contributed by atoms with Crippen LogP contribution in [0.3, 0.4) is 0 Å². The Morgan fingerprint density at radius 1 is 1.29 bits per heavy atom. The zero-order valence-corrected chi connectivity index (χ0v) is 15.4. The van der Waals surface area contributed by atoms with E-state index < -0.39 is 11.2 Å². The first-order valence-electron chi connectivity index (χ1n) is 8.23. The summed E-state index contributed by atoms with van der Waals surface area (Å²) in [7, 11) is 1.58. The fourth-order valence-corrected chi connectivity index (χ4v) is 3.38. The van der Waals surface area contributed by atoms with Crippen LogP contribution in [0.5, 0.6) is 0 Å². The average Bonchev–Trinajstić information content (AvgIpc) is 2.88. The molecular weight excluding hydrogens is 328 g/mol. The van der Waals surface area contributed by atoms with Crippen molar-refractivity contribution in [1.29, 1.82) is 0 Å². The number of H-pyrrole nitrogens is 1. The van der Waals surface area contributed by atoms with Crippen LogP contribution >= 0.6 is 11.8 Å². The van der Waals surface area contributed by atoms with E-state index in [0.29, 0.717) is 22.9 Å². The summed E-state index contributed by atoms with van der Waals surface area (Å²) in [5.74, 6) is 0.0485. The minimum absolute atomic E-state index is 0.0485. The molecule has 2 aromatic heterocycles. The van der Waals surface area contributed by atoms with Crippen molar-refractivity contribution < 1.29 is 4.79 Å². The van der Waals surface area contributed by atoms with Gasteiger partial charge in [-0.25, -0.2) is 9.78 Å². The Labute approximate surface area is 144 Å². The van der Waals surface area contributed by atoms with Crippen LogP contribution in [0, 0.1) is 0 Å². The molecule has 2 aromatic rings. The van der Waals surface area contributed by atoms with Crippen molar-refractivity contribution in [3.8, 4) is 0 Å². The van der Waals surface area contributed by atoms with E-state index >= 15 is 0 Å². The second-order valence-electron chi connectivity index (χ2n) is 5.97. The van der Waals surface area contributed by atoms with Gasteiger partial charge in [0.25, 0.3) is 5.56 Å². The molecule has 0 bridgehead atoms. The van der Waals surface area contributed by atoms with E-state index in [9.17, 15) is 14.4 Å². The van der Waals surface area contributed by atoms with Gasteiger partial charge in [-0.2, -0.15) is 0 Å². The van der Waals surface area contributed by atoms with Crippen LogP contribution < -0.4 is 11.2 Å². The lowest BCUT2D eigenvalue weighted by atomic mass is 10.2. The number of rotatable bonds is 8. The van der Waals surface area contributed by atoms with Crippen LogP contribution in [-0.4, -0.2) is 30.1 Å². The highest BCUT2D eigenvalue weighted by Gasteiger charge is 2.20. The molecule has 2 heterocycles. The lowest BCUT2D eigenvalue weighted by molar-refractivity contribution is -0.116. The smallest absolute Gasteiger partial charge is 0.313 e. The number of ketones is 1. The van der Waals surface area contributed by atoms with Crippen molar-refractivity contribution >= 4 is 28.7 Å². The van der Waals surface area contributed by atoms with Crippen molar-refractivity contribution in [2.75, 3.05) is 0 Å². The monoisotopic (exact) mass is 352 g/mol. The molecule has 1 unspecified atom stereocenters. The zero-order valence-electron chi connectivity index (χ0n) is 14.6. The maximum atomic E-state index is 12.3. The Hall–Kier alpha value is -1.83. The number of Topliss-reactive ketones (excluding diaryl/α,β-unsaturated/α-hetero) is 1. The number of aromatic nitrogens is 4. The van der Waals surface area contributed by atoms with E-state index in [2.05, 4.69) is 16.9 Å². The highest BCUT2D eigenvalue weighted by Crippen LogP contribution is 2.26. The first-order valence-corrected chi connectivity index (χ1v) is 9.11. The number of aromatic amines is 1. The predicted molar refractivity (Wildman–Crippen MR) is 95.7 cm³/mol. The minimum atomic E-state index is -0.487. The molecule has 1 atom stereocenters. The van der Waals surface area contributed by atoms with Crippen LogP contribution in [0.25, 0.3) is 11.2 Å². The number of aryl methyl sites for hydroxylation is 2. The number of nitrogens with one attached hydrogen (secondary N) is 1. The Morgan fingerprint density at radius 3 is 2.62 bits per heavy atom. The van der Waals surface area contributed by atoms with Gasteiger partial charge in [-0.05, 0) is 20.3 Å². The summed E-state index contributed by atoms with van der Waals surface area (Å²) in [6.45, 7) is 6.14. The SMILES string of the molecule is CCCCCCn1c(SC(C)C(C)=O)nc2c1c(=O)[nH]c(=O)n2C. The maximum absolute atomic E-state index is 12.3. The van der Waals surface area contributed by atoms with E-state index in [1.54, 1.807) is 7.05 Å². The molecule has 132 valence electrons. The van der Waals surface area contributed by atoms with Gasteiger partial charge < -0.3 is 4.57 Å². The fourth-order valence-electron chi connectivity index (χ4n) is 2.45. The fraction of sp³-hybridized carbons (Fsp3) is 0.625. The Morgan fingerprint density at radius 2 is 2.00 bits per heavy atom. The van der Waals surface area contributed by atoms with Crippen LogP contribution in [0.2, 0.25) is 0 Å². The van der Waals surface area contributed by atoms with E-state index in [1.165, 1.54) is 23.3 Å². The normalized spacial score (nSPS) is 12.7. The van der Waals surface area contributed by atoms with Gasteiger partial charge in [0.15, 0.2) is 16.3 Å². The second kappa shape index (κ2) is 7.83. The summed E-state index contributed by atoms with van der Waals surface area (Å²) >= 11 is 1.33. The summed E-state index contributed by atoms with van der Waals surface area (Å²) in [5.41, 5.74) is -0.165. The second-order valence-corrected chi connectivity index (χ2v) is 7.28. The average molecular weight is 352 g/mol. The number of thioether (sulfide) groups is 1. The molecule has 0 spiro atoms. The lowest BCUT2D eigenvalue weighted by Gasteiger charge is -2.10. The summed E-state index contributed by atoms with van der Waals surface area (Å²) in [4.78, 5) is 42.5. The highest BCUT2D eigenvalue weighted by molar-refractivity contribution is 8.00. The van der Waals surface area contributed by atoms with Crippen LogP contribution in [0.4, 0.5) is 0 Å². The van der Waals surface area contributed by atoms with E-state index in [4.69, 9.17) is 0 Å². The molecule has 0 aliphatic carbocycles. The summed E-state index contributed by atoms with van der Waals surface area (Å²) in [6, 6.07) is 0. The number of hydrogen-bond donors (Lipinski definition) is 1. The molecule has 0 saturated heterocycles. The van der Waals surface area contributed by atoms with E-state index in [1.807, 2.05) is 11.5 Å². The third-order valence-electron chi connectivity index (χ3n) is 4.06. The number of fused-ring (bicyclic) bond motifs is 1. The zero-order chi connectivity index (χ0) is 17.9. The number of nitrogens with zero attached hydrogens (tertiary/aromatic N) is 3. The topological polar surface area (TPSA) is 89.8 Å². The van der Waals surface area contributed by atoms with E-state index in [-0.39, 0.29) is 11.0 Å². The molecule has 0 fully saturated rings. The molecule has 0 aromatic carbocycles. The molecular formula is C16H24N4O3S. The molecule has 2 rings (SSSR count). The molecule has 1 N–H and O–H groups in total. The number of carbonyl (C=O) groups excluding carboxylic acids is 1. The van der Waals surface area contributed by atoms with Crippen molar-refractivity contribution in [1.82, 2.24) is 19.1 Å². The molecule has 8 heteroatoms. The summed E-state index contributed by atoms with van der Waals surface area (Å²) in [5, 5.41) is 0.350. The number of imidazole rings is 1. The van der Waals surface area contributed by atoms with Crippen LogP contribution in [0.15, 0.2) is 14.7 Å². The Balaban J connectivity index is 2.51. The van der Waals surface area contributed by atoms with Gasteiger partial charge in [0.1, 0.15) is 5.78 Å². The summed E-state index contributed by atoms with van der Waals surface area (Å²) < 4.78 is 3.18. The number of hydrogen-bond acceptors (Lipinski definition) is 5. The standard InChI is InChI=1S/C16H24N4O3S/c1-5-6-7-8-9-20-12-13(19(4)15(23)18-14(12)22)17-16(20)24-11(3)10(2)21/h11H,5-9H2,1-4H3,(H,18,22,23). The van der Waals surface area contributed by atoms with Crippen LogP contribution in [-0.2, 0) is 18.4 Å². The highest BCUT2D eigenvalue weighted by atomic mass is 32.2. The molecule has 0 radical (unpaired) electrons. The first kappa shape index (κ1) is 18.5. The molecule has 7 nitrogen and oxygen atoms in total. The number of carbonyl (C=O) groups is 1. The number of unbranched alkanes of at least 4 members (excludes halogenated alkanes) is 3. The molecule has 0 amide bonds. The largest absolute Gasteiger partial charge is 0.329 e. The minimum Gasteiger partial charge on any atom is -0.313 e. The van der Waals surface area contributed by atoms with Gasteiger partial charge in [0, 0.05) is 13.6 Å².